The van der Waals surface area contributed by atoms with Crippen LogP contribution in [0, 0.1) is 0 Å². The smallest absolute Gasteiger partial charge is 0.335 e. The number of carboxylic acid groups (broad SMARTS) is 1. The molecule has 3 heteroatoms. The van der Waals surface area contributed by atoms with Crippen molar-refractivity contribution in [2.45, 2.75) is 45.2 Å². The summed E-state index contributed by atoms with van der Waals surface area (Å²) in [6.45, 7) is 4.47. The van der Waals surface area contributed by atoms with Gasteiger partial charge in [0.15, 0.2) is 0 Å². The molecule has 1 aliphatic rings. The molecule has 92 valence electrons. The van der Waals surface area contributed by atoms with E-state index in [4.69, 9.17) is 5.11 Å². The highest BCUT2D eigenvalue weighted by Gasteiger charge is 2.24. The zero-order valence-corrected chi connectivity index (χ0v) is 10.4. The van der Waals surface area contributed by atoms with Gasteiger partial charge in [0.1, 0.15) is 0 Å². The Morgan fingerprint density at radius 1 is 1.18 bits per heavy atom. The van der Waals surface area contributed by atoms with E-state index in [2.05, 4.69) is 18.7 Å². The molecule has 2 atom stereocenters. The van der Waals surface area contributed by atoms with Crippen molar-refractivity contribution in [2.24, 2.45) is 0 Å². The van der Waals surface area contributed by atoms with Gasteiger partial charge in [-0.3, -0.25) is 0 Å². The maximum absolute atomic E-state index is 10.8. The molecule has 1 aromatic carbocycles. The van der Waals surface area contributed by atoms with Crippen LogP contribution in [0.25, 0.3) is 0 Å². The van der Waals surface area contributed by atoms with E-state index >= 15 is 0 Å². The van der Waals surface area contributed by atoms with Crippen molar-refractivity contribution in [3.8, 4) is 0 Å². The van der Waals surface area contributed by atoms with E-state index < -0.39 is 5.97 Å². The van der Waals surface area contributed by atoms with Gasteiger partial charge in [-0.15, -0.1) is 0 Å². The molecule has 0 aromatic heterocycles. The molecule has 0 bridgehead atoms. The maximum atomic E-state index is 10.8. The predicted molar refractivity (Wildman–Crippen MR) is 68.7 cm³/mol. The summed E-state index contributed by atoms with van der Waals surface area (Å²) in [5.41, 5.74) is 1.49. The Morgan fingerprint density at radius 2 is 1.71 bits per heavy atom. The Balaban J connectivity index is 2.23. The molecule has 0 radical (unpaired) electrons. The number of carbonyl (C=O) groups is 1. The summed E-state index contributed by atoms with van der Waals surface area (Å²) in [7, 11) is 0. The topological polar surface area (TPSA) is 40.5 Å². The van der Waals surface area contributed by atoms with Crippen molar-refractivity contribution in [3.05, 3.63) is 29.8 Å². The molecule has 17 heavy (non-hydrogen) atoms. The molecule has 2 rings (SSSR count). The lowest BCUT2D eigenvalue weighted by atomic mass is 9.96. The number of anilines is 1. The number of piperidine rings is 1. The molecule has 0 saturated carbocycles. The lowest BCUT2D eigenvalue weighted by molar-refractivity contribution is 0.0697. The predicted octanol–water partition coefficient (Wildman–Crippen LogP) is 3.15. The highest BCUT2D eigenvalue weighted by molar-refractivity contribution is 5.88. The average Bonchev–Trinajstić information content (AvgIpc) is 2.29. The third-order valence-electron chi connectivity index (χ3n) is 3.61. The Labute approximate surface area is 102 Å². The molecule has 1 saturated heterocycles. The number of hydrogen-bond acceptors (Lipinski definition) is 2. The largest absolute Gasteiger partial charge is 0.478 e. The quantitative estimate of drug-likeness (QED) is 0.853. The molecule has 0 spiro atoms. The van der Waals surface area contributed by atoms with Crippen LogP contribution < -0.4 is 4.90 Å². The van der Waals surface area contributed by atoms with Crippen molar-refractivity contribution in [1.82, 2.24) is 0 Å². The SMILES string of the molecule is CC1CCCC(C)N1c1ccc(C(=O)O)cc1. The minimum Gasteiger partial charge on any atom is -0.478 e. The summed E-state index contributed by atoms with van der Waals surface area (Å²) in [6, 6.07) is 8.28. The fraction of sp³-hybridized carbons (Fsp3) is 0.500. The lowest BCUT2D eigenvalue weighted by Gasteiger charge is -2.41. The summed E-state index contributed by atoms with van der Waals surface area (Å²) in [5.74, 6) is -0.865. The highest BCUT2D eigenvalue weighted by atomic mass is 16.4. The van der Waals surface area contributed by atoms with Crippen LogP contribution in [-0.4, -0.2) is 23.2 Å². The second-order valence-corrected chi connectivity index (χ2v) is 4.89. The third kappa shape index (κ3) is 2.43. The van der Waals surface area contributed by atoms with Gasteiger partial charge in [0.2, 0.25) is 0 Å². The first-order valence-corrected chi connectivity index (χ1v) is 6.21. The summed E-state index contributed by atoms with van der Waals surface area (Å²) in [4.78, 5) is 13.2. The molecule has 1 heterocycles. The van der Waals surface area contributed by atoms with Crippen LogP contribution in [0.15, 0.2) is 24.3 Å². The summed E-state index contributed by atoms with van der Waals surface area (Å²) >= 11 is 0. The number of hydrogen-bond donors (Lipinski definition) is 1. The molecular weight excluding hydrogens is 214 g/mol. The van der Waals surface area contributed by atoms with Crippen LogP contribution in [0.3, 0.4) is 0 Å². The Bertz CT molecular complexity index is 389. The second kappa shape index (κ2) is 4.78. The monoisotopic (exact) mass is 233 g/mol. The van der Waals surface area contributed by atoms with Gasteiger partial charge in [0, 0.05) is 17.8 Å². The van der Waals surface area contributed by atoms with Gasteiger partial charge in [-0.2, -0.15) is 0 Å². The zero-order chi connectivity index (χ0) is 12.4. The van der Waals surface area contributed by atoms with Gasteiger partial charge >= 0.3 is 5.97 Å². The van der Waals surface area contributed by atoms with E-state index in [-0.39, 0.29) is 0 Å². The Hall–Kier alpha value is -1.51. The van der Waals surface area contributed by atoms with E-state index in [0.29, 0.717) is 17.6 Å². The average molecular weight is 233 g/mol. The minimum atomic E-state index is -0.865. The standard InChI is InChI=1S/C14H19NO2/c1-10-4-3-5-11(2)15(10)13-8-6-12(7-9-13)14(16)17/h6-11H,3-5H2,1-2H3,(H,16,17). The van der Waals surface area contributed by atoms with Crippen molar-refractivity contribution in [1.29, 1.82) is 0 Å². The van der Waals surface area contributed by atoms with Crippen molar-refractivity contribution < 1.29 is 9.90 Å². The van der Waals surface area contributed by atoms with Gasteiger partial charge in [-0.05, 0) is 57.4 Å². The first kappa shape index (κ1) is 12.0. The molecule has 1 N–H and O–H groups in total. The fourth-order valence-electron chi connectivity index (χ4n) is 2.71. The van der Waals surface area contributed by atoms with Crippen molar-refractivity contribution >= 4 is 11.7 Å². The Kier molecular flexibility index (Phi) is 3.36. The van der Waals surface area contributed by atoms with E-state index in [1.807, 2.05) is 12.1 Å². The van der Waals surface area contributed by atoms with Gasteiger partial charge in [0.05, 0.1) is 5.56 Å². The van der Waals surface area contributed by atoms with Crippen LogP contribution in [0.5, 0.6) is 0 Å². The number of rotatable bonds is 2. The van der Waals surface area contributed by atoms with Crippen LogP contribution in [0.4, 0.5) is 5.69 Å². The lowest BCUT2D eigenvalue weighted by Crippen LogP contribution is -2.43. The van der Waals surface area contributed by atoms with Gasteiger partial charge in [-0.1, -0.05) is 0 Å². The molecular formula is C14H19NO2. The maximum Gasteiger partial charge on any atom is 0.335 e. The normalized spacial score (nSPS) is 24.7. The van der Waals surface area contributed by atoms with Crippen LogP contribution in [-0.2, 0) is 0 Å². The molecule has 1 aromatic rings. The molecule has 0 aliphatic carbocycles. The van der Waals surface area contributed by atoms with Crippen molar-refractivity contribution in [3.63, 3.8) is 0 Å². The number of aromatic carboxylic acids is 1. The fourth-order valence-corrected chi connectivity index (χ4v) is 2.71. The van der Waals surface area contributed by atoms with Gasteiger partial charge in [0.25, 0.3) is 0 Å². The minimum absolute atomic E-state index is 0.353. The summed E-state index contributed by atoms with van der Waals surface area (Å²) in [6.07, 6.45) is 3.71. The molecule has 0 amide bonds. The van der Waals surface area contributed by atoms with E-state index in [1.165, 1.54) is 19.3 Å². The van der Waals surface area contributed by atoms with Crippen LogP contribution in [0.2, 0.25) is 0 Å². The van der Waals surface area contributed by atoms with E-state index in [0.717, 1.165) is 5.69 Å². The molecule has 3 nitrogen and oxygen atoms in total. The highest BCUT2D eigenvalue weighted by Crippen LogP contribution is 2.29. The van der Waals surface area contributed by atoms with Crippen LogP contribution in [0.1, 0.15) is 43.5 Å². The van der Waals surface area contributed by atoms with Crippen LogP contribution >= 0.6 is 0 Å². The van der Waals surface area contributed by atoms with E-state index in [9.17, 15) is 4.79 Å². The first-order valence-electron chi connectivity index (χ1n) is 6.21. The second-order valence-electron chi connectivity index (χ2n) is 4.89. The first-order chi connectivity index (χ1) is 8.09. The van der Waals surface area contributed by atoms with E-state index in [1.54, 1.807) is 12.1 Å². The summed E-state index contributed by atoms with van der Waals surface area (Å²) < 4.78 is 0. The number of benzene rings is 1. The molecule has 2 unspecified atom stereocenters. The Morgan fingerprint density at radius 3 is 2.18 bits per heavy atom. The zero-order valence-electron chi connectivity index (χ0n) is 10.4. The third-order valence-corrected chi connectivity index (χ3v) is 3.61. The molecule has 1 fully saturated rings. The summed E-state index contributed by atoms with van der Waals surface area (Å²) in [5, 5.41) is 8.88. The van der Waals surface area contributed by atoms with Crippen molar-refractivity contribution in [2.75, 3.05) is 4.90 Å². The number of nitrogens with zero attached hydrogens (tertiary/aromatic N) is 1. The molecule has 1 aliphatic heterocycles. The van der Waals surface area contributed by atoms with Gasteiger partial charge in [-0.25, -0.2) is 4.79 Å². The van der Waals surface area contributed by atoms with Gasteiger partial charge < -0.3 is 10.0 Å². The number of carboxylic acids is 1.